The molecule has 2 rings (SSSR count). The topological polar surface area (TPSA) is 41.4 Å². The summed E-state index contributed by atoms with van der Waals surface area (Å²) in [5, 5.41) is 0. The zero-order chi connectivity index (χ0) is 14.5. The van der Waals surface area contributed by atoms with Gasteiger partial charge >= 0.3 is 0 Å². The van der Waals surface area contributed by atoms with Crippen molar-refractivity contribution in [1.82, 2.24) is 19.4 Å². The quantitative estimate of drug-likeness (QED) is 0.616. The molecule has 0 amide bonds. The van der Waals surface area contributed by atoms with Crippen LogP contribution in [0.4, 0.5) is 0 Å². The number of nitrogens with zero attached hydrogens (tertiary/aromatic N) is 4. The van der Waals surface area contributed by atoms with Crippen molar-refractivity contribution in [3.8, 4) is 0 Å². The van der Waals surface area contributed by atoms with E-state index in [1.54, 1.807) is 28.9 Å². The molecule has 1 fully saturated rings. The number of hydrogen-bond donors (Lipinski definition) is 0. The summed E-state index contributed by atoms with van der Waals surface area (Å²) in [5.74, 6) is 0.855. The number of likely N-dealkylation sites (N-methyl/N-ethyl adjacent to an activating group) is 1. The Morgan fingerprint density at radius 3 is 2.65 bits per heavy atom. The molecule has 0 spiro atoms. The maximum Gasteiger partial charge on any atom is 0.181 e. The molecule has 1 aromatic heterocycles. The van der Waals surface area contributed by atoms with Gasteiger partial charge in [-0.2, -0.15) is 0 Å². The summed E-state index contributed by atoms with van der Waals surface area (Å²) >= 11 is 7.04. The van der Waals surface area contributed by atoms with Crippen molar-refractivity contribution in [2.24, 2.45) is 7.05 Å². The fraction of sp³-hybridized carbons (Fsp3) is 0.615. The van der Waals surface area contributed by atoms with Crippen molar-refractivity contribution in [2.75, 3.05) is 39.0 Å². The van der Waals surface area contributed by atoms with Gasteiger partial charge in [0.25, 0.3) is 0 Å². The Morgan fingerprint density at radius 1 is 1.35 bits per heavy atom. The van der Waals surface area contributed by atoms with E-state index in [1.165, 1.54) is 0 Å². The van der Waals surface area contributed by atoms with Crippen LogP contribution in [0.5, 0.6) is 0 Å². The van der Waals surface area contributed by atoms with Crippen LogP contribution in [0, 0.1) is 0 Å². The number of imidazole rings is 1. The number of aromatic nitrogens is 2. The monoisotopic (exact) mass is 312 g/mol. The number of piperazine rings is 1. The third-order valence-corrected chi connectivity index (χ3v) is 4.94. The van der Waals surface area contributed by atoms with Gasteiger partial charge in [-0.05, 0) is 7.05 Å². The van der Waals surface area contributed by atoms with Crippen LogP contribution in [0.3, 0.4) is 0 Å². The summed E-state index contributed by atoms with van der Waals surface area (Å²) in [4.78, 5) is 20.5. The number of thioether (sulfide) groups is 1. The number of hydrogen-bond acceptors (Lipinski definition) is 5. The standard InChI is InChI=1S/C13H20N4OS2/c1-15-4-6-17(7-5-15)13(19)20-8-3-12(18)11-9-14-10-16(11)2/h9-10H,3-8H2,1-2H3. The molecule has 1 aliphatic heterocycles. The second-order valence-corrected chi connectivity index (χ2v) is 6.70. The summed E-state index contributed by atoms with van der Waals surface area (Å²) < 4.78 is 2.67. The number of ketones is 1. The first-order valence-electron chi connectivity index (χ1n) is 6.67. The Balaban J connectivity index is 1.72. The van der Waals surface area contributed by atoms with Crippen molar-refractivity contribution in [3.63, 3.8) is 0 Å². The summed E-state index contributed by atoms with van der Waals surface area (Å²) in [6.45, 7) is 4.07. The molecule has 0 unspecified atom stereocenters. The lowest BCUT2D eigenvalue weighted by Gasteiger charge is -2.33. The fourth-order valence-corrected chi connectivity index (χ4v) is 3.33. The Kier molecular flexibility index (Phi) is 5.56. The van der Waals surface area contributed by atoms with Crippen molar-refractivity contribution in [2.45, 2.75) is 6.42 Å². The molecular weight excluding hydrogens is 292 g/mol. The maximum atomic E-state index is 12.0. The van der Waals surface area contributed by atoms with Crippen LogP contribution in [-0.4, -0.2) is 68.4 Å². The van der Waals surface area contributed by atoms with Gasteiger partial charge in [-0.25, -0.2) is 4.98 Å². The highest BCUT2D eigenvalue weighted by atomic mass is 32.2. The van der Waals surface area contributed by atoms with Crippen molar-refractivity contribution in [1.29, 1.82) is 0 Å². The summed E-state index contributed by atoms with van der Waals surface area (Å²) in [7, 11) is 3.96. The van der Waals surface area contributed by atoms with E-state index in [-0.39, 0.29) is 5.78 Å². The van der Waals surface area contributed by atoms with Crippen molar-refractivity contribution < 1.29 is 4.79 Å². The molecule has 0 aromatic carbocycles. The first-order valence-corrected chi connectivity index (χ1v) is 8.07. The normalized spacial score (nSPS) is 16.4. The molecule has 20 heavy (non-hydrogen) atoms. The molecule has 1 aromatic rings. The Bertz CT molecular complexity index is 480. The molecule has 5 nitrogen and oxygen atoms in total. The molecule has 1 aliphatic rings. The molecule has 1 saturated heterocycles. The van der Waals surface area contributed by atoms with Gasteiger partial charge in [0.05, 0.1) is 12.5 Å². The number of carbonyl (C=O) groups is 1. The lowest BCUT2D eigenvalue weighted by atomic mass is 10.2. The van der Waals surface area contributed by atoms with Gasteiger partial charge in [0.1, 0.15) is 10.0 Å². The van der Waals surface area contributed by atoms with E-state index < -0.39 is 0 Å². The fourth-order valence-electron chi connectivity index (χ4n) is 2.07. The third-order valence-electron chi connectivity index (χ3n) is 3.42. The van der Waals surface area contributed by atoms with E-state index in [4.69, 9.17) is 12.2 Å². The van der Waals surface area contributed by atoms with Crippen LogP contribution in [-0.2, 0) is 7.05 Å². The number of Topliss-reactive ketones (excluding diaryl/α,β-unsaturated/α-hetero) is 1. The molecule has 110 valence electrons. The molecule has 0 aliphatic carbocycles. The lowest BCUT2D eigenvalue weighted by molar-refractivity contribution is 0.0982. The highest BCUT2D eigenvalue weighted by molar-refractivity contribution is 8.22. The summed E-state index contributed by atoms with van der Waals surface area (Å²) in [6, 6.07) is 0. The van der Waals surface area contributed by atoms with Crippen LogP contribution < -0.4 is 0 Å². The van der Waals surface area contributed by atoms with E-state index in [1.807, 2.05) is 7.05 Å². The van der Waals surface area contributed by atoms with Gasteiger partial charge in [-0.3, -0.25) is 4.79 Å². The van der Waals surface area contributed by atoms with Crippen LogP contribution in [0.2, 0.25) is 0 Å². The molecule has 2 heterocycles. The Morgan fingerprint density at radius 2 is 2.05 bits per heavy atom. The highest BCUT2D eigenvalue weighted by Gasteiger charge is 2.17. The van der Waals surface area contributed by atoms with E-state index in [2.05, 4.69) is 21.8 Å². The number of rotatable bonds is 4. The predicted molar refractivity (Wildman–Crippen MR) is 86.3 cm³/mol. The first-order chi connectivity index (χ1) is 9.58. The van der Waals surface area contributed by atoms with Crippen LogP contribution in [0.1, 0.15) is 16.9 Å². The zero-order valence-corrected chi connectivity index (χ0v) is 13.5. The largest absolute Gasteiger partial charge is 0.355 e. The van der Waals surface area contributed by atoms with Gasteiger partial charge in [0.15, 0.2) is 5.78 Å². The predicted octanol–water partition coefficient (Wildman–Crippen LogP) is 1.26. The molecule has 7 heteroatoms. The minimum absolute atomic E-state index is 0.124. The molecule has 0 radical (unpaired) electrons. The zero-order valence-electron chi connectivity index (χ0n) is 11.9. The van der Waals surface area contributed by atoms with Gasteiger partial charge in [-0.15, -0.1) is 0 Å². The minimum Gasteiger partial charge on any atom is -0.355 e. The molecule has 0 saturated carbocycles. The van der Waals surface area contributed by atoms with Gasteiger partial charge < -0.3 is 14.4 Å². The summed E-state index contributed by atoms with van der Waals surface area (Å²) in [6.07, 6.45) is 3.76. The Labute approximate surface area is 129 Å². The number of aryl methyl sites for hydroxylation is 1. The molecule has 0 atom stereocenters. The van der Waals surface area contributed by atoms with Gasteiger partial charge in [-0.1, -0.05) is 24.0 Å². The van der Waals surface area contributed by atoms with E-state index in [0.717, 1.165) is 36.3 Å². The van der Waals surface area contributed by atoms with Gasteiger partial charge in [0, 0.05) is 45.4 Å². The first kappa shape index (κ1) is 15.5. The second kappa shape index (κ2) is 7.19. The maximum absolute atomic E-state index is 12.0. The molecular formula is C13H20N4OS2. The second-order valence-electron chi connectivity index (χ2n) is 4.97. The van der Waals surface area contributed by atoms with Crippen molar-refractivity contribution in [3.05, 3.63) is 18.2 Å². The lowest BCUT2D eigenvalue weighted by Crippen LogP contribution is -2.45. The number of carbonyl (C=O) groups excluding carboxylic acids is 1. The Hall–Kier alpha value is -0.920. The number of thiocarbonyl (C=S) groups is 1. The van der Waals surface area contributed by atoms with Crippen LogP contribution in [0.25, 0.3) is 0 Å². The minimum atomic E-state index is 0.124. The summed E-state index contributed by atoms with van der Waals surface area (Å²) in [5.41, 5.74) is 0.663. The van der Waals surface area contributed by atoms with E-state index in [9.17, 15) is 4.79 Å². The van der Waals surface area contributed by atoms with Crippen LogP contribution in [0.15, 0.2) is 12.5 Å². The van der Waals surface area contributed by atoms with Gasteiger partial charge in [0.2, 0.25) is 0 Å². The smallest absolute Gasteiger partial charge is 0.181 e. The molecule has 0 N–H and O–H groups in total. The average Bonchev–Trinajstić information content (AvgIpc) is 2.85. The van der Waals surface area contributed by atoms with Crippen LogP contribution >= 0.6 is 24.0 Å². The SMILES string of the molecule is CN1CCN(C(=S)SCCC(=O)c2cncn2C)CC1. The van der Waals surface area contributed by atoms with E-state index >= 15 is 0 Å². The van der Waals surface area contributed by atoms with E-state index in [0.29, 0.717) is 12.1 Å². The average molecular weight is 312 g/mol. The third kappa shape index (κ3) is 4.04. The highest BCUT2D eigenvalue weighted by Crippen LogP contribution is 2.14. The van der Waals surface area contributed by atoms with Crippen molar-refractivity contribution >= 4 is 34.1 Å². The molecule has 0 bridgehead atoms.